The number of para-hydroxylation sites is 1. The Morgan fingerprint density at radius 1 is 1.13 bits per heavy atom. The van der Waals surface area contributed by atoms with Crippen molar-refractivity contribution in [2.24, 2.45) is 0 Å². The maximum absolute atomic E-state index is 12.3. The van der Waals surface area contributed by atoms with Crippen molar-refractivity contribution in [3.8, 4) is 17.1 Å². The lowest BCUT2D eigenvalue weighted by atomic mass is 10.1. The maximum atomic E-state index is 12.3. The summed E-state index contributed by atoms with van der Waals surface area (Å²) < 4.78 is 5.37. The zero-order valence-corrected chi connectivity index (χ0v) is 17.3. The second-order valence-corrected chi connectivity index (χ2v) is 6.95. The Hall–Kier alpha value is -3.46. The second-order valence-electron chi connectivity index (χ2n) is 6.30. The van der Waals surface area contributed by atoms with Crippen LogP contribution in [0.2, 0.25) is 0 Å². The van der Waals surface area contributed by atoms with Crippen LogP contribution in [0.15, 0.2) is 48.5 Å². The third kappa shape index (κ3) is 5.54. The number of halogens is 1. The number of aromatic nitrogens is 4. The number of carbonyl (C=O) groups excluding carboxylic acids is 2. The molecule has 9 nitrogen and oxygen atoms in total. The van der Waals surface area contributed by atoms with E-state index in [1.165, 1.54) is 4.80 Å². The van der Waals surface area contributed by atoms with Gasteiger partial charge in [0.05, 0.1) is 12.3 Å². The molecule has 3 rings (SSSR count). The lowest BCUT2D eigenvalue weighted by Crippen LogP contribution is -2.21. The average Bonchev–Trinajstić information content (AvgIpc) is 3.18. The van der Waals surface area contributed by atoms with E-state index in [9.17, 15) is 9.59 Å². The lowest BCUT2D eigenvalue weighted by molar-refractivity contribution is -0.117. The number of nitrogens with one attached hydrogen (secondary N) is 2. The summed E-state index contributed by atoms with van der Waals surface area (Å²) in [6, 6.07) is 14.1. The Bertz CT molecular complexity index is 1020. The fourth-order valence-electron chi connectivity index (χ4n) is 2.57. The third-order valence-corrected chi connectivity index (χ3v) is 4.17. The maximum Gasteiger partial charge on any atom is 0.248 e. The predicted octanol–water partition coefficient (Wildman–Crippen LogP) is 2.94. The van der Waals surface area contributed by atoms with Gasteiger partial charge in [-0.25, -0.2) is 0 Å². The molecule has 2 amide bonds. The Morgan fingerprint density at radius 2 is 1.87 bits per heavy atom. The van der Waals surface area contributed by atoms with Gasteiger partial charge in [-0.3, -0.25) is 9.59 Å². The van der Waals surface area contributed by atoms with E-state index in [2.05, 4.69) is 26.0 Å². The molecular weight excluding hydrogens is 408 g/mol. The quantitative estimate of drug-likeness (QED) is 0.533. The summed E-state index contributed by atoms with van der Waals surface area (Å²) in [6.07, 6.45) is 0. The van der Waals surface area contributed by atoms with Crippen molar-refractivity contribution >= 4 is 34.8 Å². The summed E-state index contributed by atoms with van der Waals surface area (Å²) in [5, 5.41) is 17.0. The number of anilines is 2. The van der Waals surface area contributed by atoms with Gasteiger partial charge in [0, 0.05) is 11.3 Å². The number of hydrogen-bond acceptors (Lipinski definition) is 6. The minimum Gasteiger partial charge on any atom is -0.494 e. The molecular formula is C20H21ClN6O3. The van der Waals surface area contributed by atoms with E-state index in [-0.39, 0.29) is 24.2 Å². The Labute approximate surface area is 178 Å². The summed E-state index contributed by atoms with van der Waals surface area (Å²) in [5.74, 6) is 0.362. The molecule has 2 N–H and O–H groups in total. The van der Waals surface area contributed by atoms with E-state index in [0.29, 0.717) is 23.5 Å². The van der Waals surface area contributed by atoms with Crippen molar-refractivity contribution in [2.75, 3.05) is 17.2 Å². The van der Waals surface area contributed by atoms with E-state index in [4.69, 9.17) is 16.3 Å². The van der Waals surface area contributed by atoms with Crippen molar-refractivity contribution in [1.82, 2.24) is 20.2 Å². The number of amides is 2. The topological polar surface area (TPSA) is 111 Å². The van der Waals surface area contributed by atoms with Crippen LogP contribution in [0, 0.1) is 0 Å². The van der Waals surface area contributed by atoms with Gasteiger partial charge in [-0.1, -0.05) is 12.1 Å². The lowest BCUT2D eigenvalue weighted by Gasteiger charge is -2.09. The van der Waals surface area contributed by atoms with Gasteiger partial charge in [0.25, 0.3) is 0 Å². The van der Waals surface area contributed by atoms with Gasteiger partial charge < -0.3 is 15.4 Å². The molecule has 0 saturated carbocycles. The SMILES string of the molecule is CCOc1ccc(NC(=O)Cn2nnc(-c3ccccc3NC(=O)[C@@H](C)Cl)n2)cc1. The van der Waals surface area contributed by atoms with Gasteiger partial charge in [0.1, 0.15) is 17.7 Å². The zero-order valence-electron chi connectivity index (χ0n) is 16.5. The minimum atomic E-state index is -0.687. The van der Waals surface area contributed by atoms with Gasteiger partial charge in [-0.15, -0.1) is 21.8 Å². The molecule has 0 bridgehead atoms. The highest BCUT2D eigenvalue weighted by Gasteiger charge is 2.16. The Balaban J connectivity index is 1.66. The van der Waals surface area contributed by atoms with Gasteiger partial charge in [-0.2, -0.15) is 4.80 Å². The standard InChI is InChI=1S/C20H21ClN6O3/c1-3-30-15-10-8-14(9-11-15)22-18(28)12-27-25-19(24-26-27)16-6-4-5-7-17(16)23-20(29)13(2)21/h4-11,13H,3,12H2,1-2H3,(H,22,28)(H,23,29)/t13-/m1/s1. The van der Waals surface area contributed by atoms with Crippen molar-refractivity contribution in [3.63, 3.8) is 0 Å². The normalized spacial score (nSPS) is 11.6. The van der Waals surface area contributed by atoms with Crippen LogP contribution in [0.5, 0.6) is 5.75 Å². The molecule has 3 aromatic rings. The highest BCUT2D eigenvalue weighted by molar-refractivity contribution is 6.32. The summed E-state index contributed by atoms with van der Waals surface area (Å²) >= 11 is 5.82. The van der Waals surface area contributed by atoms with Crippen molar-refractivity contribution in [2.45, 2.75) is 25.8 Å². The number of nitrogens with zero attached hydrogens (tertiary/aromatic N) is 4. The van der Waals surface area contributed by atoms with Crippen LogP contribution in [-0.4, -0.2) is 44.0 Å². The van der Waals surface area contributed by atoms with E-state index < -0.39 is 5.38 Å². The molecule has 0 spiro atoms. The molecule has 0 aliphatic carbocycles. The largest absolute Gasteiger partial charge is 0.494 e. The zero-order chi connectivity index (χ0) is 21.5. The average molecular weight is 429 g/mol. The first-order valence-electron chi connectivity index (χ1n) is 9.31. The van der Waals surface area contributed by atoms with Gasteiger partial charge in [-0.05, 0) is 55.5 Å². The van der Waals surface area contributed by atoms with Crippen LogP contribution in [0.25, 0.3) is 11.4 Å². The van der Waals surface area contributed by atoms with Crippen molar-refractivity contribution in [3.05, 3.63) is 48.5 Å². The Kier molecular flexibility index (Phi) is 6.97. The molecule has 0 radical (unpaired) electrons. The number of rotatable bonds is 8. The number of tetrazole rings is 1. The Morgan fingerprint density at radius 3 is 2.57 bits per heavy atom. The van der Waals surface area contributed by atoms with Gasteiger partial charge in [0.15, 0.2) is 0 Å². The minimum absolute atomic E-state index is 0.118. The summed E-state index contributed by atoms with van der Waals surface area (Å²) in [7, 11) is 0. The monoisotopic (exact) mass is 428 g/mol. The van der Waals surface area contributed by atoms with Crippen LogP contribution in [0.3, 0.4) is 0 Å². The predicted molar refractivity (Wildman–Crippen MR) is 113 cm³/mol. The first kappa shape index (κ1) is 21.3. The van der Waals surface area contributed by atoms with Gasteiger partial charge in [0.2, 0.25) is 17.6 Å². The highest BCUT2D eigenvalue weighted by Crippen LogP contribution is 2.24. The molecule has 10 heteroatoms. The number of carbonyl (C=O) groups is 2. The molecule has 156 valence electrons. The fourth-order valence-corrected chi connectivity index (χ4v) is 2.62. The van der Waals surface area contributed by atoms with E-state index in [0.717, 1.165) is 5.75 Å². The molecule has 0 unspecified atom stereocenters. The van der Waals surface area contributed by atoms with Crippen molar-refractivity contribution in [1.29, 1.82) is 0 Å². The van der Waals surface area contributed by atoms with E-state index in [1.807, 2.05) is 6.92 Å². The summed E-state index contributed by atoms with van der Waals surface area (Å²) in [5.41, 5.74) is 1.71. The molecule has 0 fully saturated rings. The van der Waals surface area contributed by atoms with Crippen LogP contribution >= 0.6 is 11.6 Å². The first-order valence-corrected chi connectivity index (χ1v) is 9.74. The molecule has 30 heavy (non-hydrogen) atoms. The molecule has 0 aliphatic rings. The molecule has 1 atom stereocenters. The second kappa shape index (κ2) is 9.84. The van der Waals surface area contributed by atoms with Crippen LogP contribution in [0.1, 0.15) is 13.8 Å². The number of ether oxygens (including phenoxy) is 1. The smallest absolute Gasteiger partial charge is 0.248 e. The molecule has 2 aromatic carbocycles. The number of alkyl halides is 1. The van der Waals surface area contributed by atoms with Crippen LogP contribution in [-0.2, 0) is 16.1 Å². The summed E-state index contributed by atoms with van der Waals surface area (Å²) in [4.78, 5) is 25.4. The van der Waals surface area contributed by atoms with Crippen molar-refractivity contribution < 1.29 is 14.3 Å². The number of hydrogen-bond donors (Lipinski definition) is 2. The first-order chi connectivity index (χ1) is 14.5. The van der Waals surface area contributed by atoms with Crippen LogP contribution < -0.4 is 15.4 Å². The molecule has 1 heterocycles. The van der Waals surface area contributed by atoms with Gasteiger partial charge >= 0.3 is 0 Å². The van der Waals surface area contributed by atoms with E-state index in [1.54, 1.807) is 55.5 Å². The highest BCUT2D eigenvalue weighted by atomic mass is 35.5. The van der Waals surface area contributed by atoms with Crippen LogP contribution in [0.4, 0.5) is 11.4 Å². The number of benzene rings is 2. The fraction of sp³-hybridized carbons (Fsp3) is 0.250. The molecule has 0 saturated heterocycles. The summed E-state index contributed by atoms with van der Waals surface area (Å²) in [6.45, 7) is 3.94. The van der Waals surface area contributed by atoms with E-state index >= 15 is 0 Å². The molecule has 1 aromatic heterocycles. The third-order valence-electron chi connectivity index (χ3n) is 3.97. The molecule has 0 aliphatic heterocycles.